The molecule has 0 amide bonds. The lowest BCUT2D eigenvalue weighted by atomic mass is 10.1. The zero-order valence-electron chi connectivity index (χ0n) is 9.50. The summed E-state index contributed by atoms with van der Waals surface area (Å²) in [5.41, 5.74) is 5.85. The lowest BCUT2D eigenvalue weighted by molar-refractivity contribution is 0.265. The number of hydrogen-bond acceptors (Lipinski definition) is 3. The molecule has 0 aliphatic carbocycles. The summed E-state index contributed by atoms with van der Waals surface area (Å²) >= 11 is 1.86. The van der Waals surface area contributed by atoms with Crippen molar-refractivity contribution in [2.45, 2.75) is 32.9 Å². The summed E-state index contributed by atoms with van der Waals surface area (Å²) in [7, 11) is 2.11. The van der Waals surface area contributed by atoms with Gasteiger partial charge < -0.3 is 5.73 Å². The summed E-state index contributed by atoms with van der Waals surface area (Å²) in [6.45, 7) is 8.18. The maximum absolute atomic E-state index is 5.96. The van der Waals surface area contributed by atoms with Gasteiger partial charge in [0.25, 0.3) is 0 Å². The van der Waals surface area contributed by atoms with Gasteiger partial charge in [-0.25, -0.2) is 0 Å². The van der Waals surface area contributed by atoms with Crippen LogP contribution in [0.15, 0.2) is 12.1 Å². The molecular weight excluding hydrogens is 192 g/mol. The number of rotatable bonds is 4. The molecule has 3 heteroatoms. The van der Waals surface area contributed by atoms with E-state index in [4.69, 9.17) is 5.73 Å². The largest absolute Gasteiger partial charge is 0.324 e. The predicted octanol–water partition coefficient (Wildman–Crippen LogP) is 2.23. The molecule has 0 aromatic carbocycles. The second-order valence-corrected chi connectivity index (χ2v) is 6.05. The Morgan fingerprint density at radius 1 is 1.43 bits per heavy atom. The van der Waals surface area contributed by atoms with E-state index in [0.717, 1.165) is 13.1 Å². The van der Waals surface area contributed by atoms with Crippen molar-refractivity contribution in [3.05, 3.63) is 21.9 Å². The number of likely N-dealkylation sites (N-methyl/N-ethyl adjacent to an activating group) is 1. The summed E-state index contributed by atoms with van der Waals surface area (Å²) in [6.07, 6.45) is 0. The Kier molecular flexibility index (Phi) is 3.70. The molecule has 2 nitrogen and oxygen atoms in total. The van der Waals surface area contributed by atoms with Crippen LogP contribution in [0.4, 0.5) is 0 Å². The first kappa shape index (κ1) is 11.7. The molecule has 0 unspecified atom stereocenters. The molecule has 0 fully saturated rings. The van der Waals surface area contributed by atoms with E-state index in [1.807, 2.05) is 11.3 Å². The van der Waals surface area contributed by atoms with Crippen LogP contribution < -0.4 is 5.73 Å². The monoisotopic (exact) mass is 212 g/mol. The van der Waals surface area contributed by atoms with Crippen LogP contribution in [0.3, 0.4) is 0 Å². The van der Waals surface area contributed by atoms with Crippen LogP contribution in [-0.2, 0) is 6.54 Å². The Hall–Kier alpha value is -0.380. The van der Waals surface area contributed by atoms with Gasteiger partial charge >= 0.3 is 0 Å². The van der Waals surface area contributed by atoms with Crippen LogP contribution in [0, 0.1) is 6.92 Å². The lowest BCUT2D eigenvalue weighted by Gasteiger charge is -2.25. The quantitative estimate of drug-likeness (QED) is 0.829. The van der Waals surface area contributed by atoms with E-state index in [0.29, 0.717) is 0 Å². The SMILES string of the molecule is Cc1ccc(CN(C)CC(C)(C)N)s1. The zero-order valence-corrected chi connectivity index (χ0v) is 10.3. The van der Waals surface area contributed by atoms with E-state index in [1.54, 1.807) is 0 Å². The fourth-order valence-corrected chi connectivity index (χ4v) is 2.56. The maximum atomic E-state index is 5.96. The van der Waals surface area contributed by atoms with Crippen LogP contribution in [0.5, 0.6) is 0 Å². The van der Waals surface area contributed by atoms with Gasteiger partial charge in [-0.3, -0.25) is 4.90 Å². The second kappa shape index (κ2) is 4.43. The Morgan fingerprint density at radius 2 is 2.07 bits per heavy atom. The van der Waals surface area contributed by atoms with Crippen LogP contribution in [0.2, 0.25) is 0 Å². The van der Waals surface area contributed by atoms with Crippen LogP contribution in [-0.4, -0.2) is 24.0 Å². The predicted molar refractivity (Wildman–Crippen MR) is 63.7 cm³/mol. The Bertz CT molecular complexity index is 286. The standard InChI is InChI=1S/C11H20N2S/c1-9-5-6-10(14-9)7-13(4)8-11(2,3)12/h5-6H,7-8,12H2,1-4H3. The van der Waals surface area contributed by atoms with E-state index in [1.165, 1.54) is 9.75 Å². The maximum Gasteiger partial charge on any atom is 0.0325 e. The average Bonchev–Trinajstić information content (AvgIpc) is 2.30. The van der Waals surface area contributed by atoms with Crippen molar-refractivity contribution in [1.29, 1.82) is 0 Å². The number of nitrogens with zero attached hydrogens (tertiary/aromatic N) is 1. The van der Waals surface area contributed by atoms with E-state index in [2.05, 4.69) is 44.9 Å². The molecule has 0 saturated carbocycles. The molecule has 14 heavy (non-hydrogen) atoms. The van der Waals surface area contributed by atoms with Crippen molar-refractivity contribution in [1.82, 2.24) is 4.90 Å². The summed E-state index contributed by atoms with van der Waals surface area (Å²) in [4.78, 5) is 5.06. The highest BCUT2D eigenvalue weighted by Crippen LogP contribution is 2.17. The highest BCUT2D eigenvalue weighted by atomic mass is 32.1. The number of nitrogens with two attached hydrogens (primary N) is 1. The summed E-state index contributed by atoms with van der Waals surface area (Å²) in [5.74, 6) is 0. The molecule has 0 spiro atoms. The number of aryl methyl sites for hydroxylation is 1. The molecular formula is C11H20N2S. The molecule has 0 bridgehead atoms. The van der Waals surface area contributed by atoms with Crippen molar-refractivity contribution in [3.63, 3.8) is 0 Å². The second-order valence-electron chi connectivity index (χ2n) is 4.67. The molecule has 80 valence electrons. The highest BCUT2D eigenvalue weighted by molar-refractivity contribution is 7.11. The van der Waals surface area contributed by atoms with Crippen LogP contribution in [0.1, 0.15) is 23.6 Å². The van der Waals surface area contributed by atoms with E-state index < -0.39 is 0 Å². The first-order valence-electron chi connectivity index (χ1n) is 4.89. The van der Waals surface area contributed by atoms with Gasteiger partial charge in [-0.2, -0.15) is 0 Å². The Labute approximate surface area is 90.7 Å². The summed E-state index contributed by atoms with van der Waals surface area (Å²) < 4.78 is 0. The minimum atomic E-state index is -0.110. The zero-order chi connectivity index (χ0) is 10.8. The van der Waals surface area contributed by atoms with E-state index in [9.17, 15) is 0 Å². The lowest BCUT2D eigenvalue weighted by Crippen LogP contribution is -2.43. The molecule has 2 N–H and O–H groups in total. The fourth-order valence-electron chi connectivity index (χ4n) is 1.59. The average molecular weight is 212 g/mol. The number of thiophene rings is 1. The van der Waals surface area contributed by atoms with Gasteiger partial charge in [-0.15, -0.1) is 11.3 Å². The van der Waals surface area contributed by atoms with Gasteiger partial charge in [-0.05, 0) is 40.0 Å². The van der Waals surface area contributed by atoms with Gasteiger partial charge in [0, 0.05) is 28.4 Å². The Balaban J connectivity index is 2.45. The first-order chi connectivity index (χ1) is 6.37. The van der Waals surface area contributed by atoms with E-state index in [-0.39, 0.29) is 5.54 Å². The molecule has 0 atom stereocenters. The molecule has 0 radical (unpaired) electrons. The third-order valence-corrected chi connectivity index (χ3v) is 2.88. The van der Waals surface area contributed by atoms with Crippen molar-refractivity contribution in [2.24, 2.45) is 5.73 Å². The first-order valence-corrected chi connectivity index (χ1v) is 5.71. The molecule has 1 aromatic heterocycles. The van der Waals surface area contributed by atoms with Crippen molar-refractivity contribution in [2.75, 3.05) is 13.6 Å². The van der Waals surface area contributed by atoms with E-state index >= 15 is 0 Å². The van der Waals surface area contributed by atoms with Crippen molar-refractivity contribution in [3.8, 4) is 0 Å². The number of hydrogen-bond donors (Lipinski definition) is 1. The van der Waals surface area contributed by atoms with Crippen LogP contribution in [0.25, 0.3) is 0 Å². The highest BCUT2D eigenvalue weighted by Gasteiger charge is 2.14. The third kappa shape index (κ3) is 4.22. The third-order valence-electron chi connectivity index (χ3n) is 1.90. The molecule has 1 aromatic rings. The molecule has 1 heterocycles. The van der Waals surface area contributed by atoms with Gasteiger partial charge in [0.15, 0.2) is 0 Å². The van der Waals surface area contributed by atoms with Crippen LogP contribution >= 0.6 is 11.3 Å². The van der Waals surface area contributed by atoms with Gasteiger partial charge in [-0.1, -0.05) is 0 Å². The van der Waals surface area contributed by atoms with Gasteiger partial charge in [0.2, 0.25) is 0 Å². The minimum Gasteiger partial charge on any atom is -0.324 e. The molecule has 0 aliphatic rings. The normalized spacial score (nSPS) is 12.4. The summed E-state index contributed by atoms with van der Waals surface area (Å²) in [5, 5.41) is 0. The van der Waals surface area contributed by atoms with Crippen molar-refractivity contribution < 1.29 is 0 Å². The molecule has 0 aliphatic heterocycles. The minimum absolute atomic E-state index is 0.110. The Morgan fingerprint density at radius 3 is 2.50 bits per heavy atom. The topological polar surface area (TPSA) is 29.3 Å². The van der Waals surface area contributed by atoms with Gasteiger partial charge in [0.1, 0.15) is 0 Å². The van der Waals surface area contributed by atoms with Gasteiger partial charge in [0.05, 0.1) is 0 Å². The molecule has 0 saturated heterocycles. The molecule has 1 rings (SSSR count). The smallest absolute Gasteiger partial charge is 0.0325 e. The fraction of sp³-hybridized carbons (Fsp3) is 0.636. The van der Waals surface area contributed by atoms with Crippen molar-refractivity contribution >= 4 is 11.3 Å². The summed E-state index contributed by atoms with van der Waals surface area (Å²) in [6, 6.07) is 4.36.